The van der Waals surface area contributed by atoms with Crippen molar-refractivity contribution >= 4 is 64.6 Å². The quantitative estimate of drug-likeness (QED) is 0.137. The molecule has 0 atom stereocenters. The number of rotatable bonds is 7. The monoisotopic (exact) mass is 570 g/mol. The molecule has 0 saturated carbocycles. The zero-order valence-corrected chi connectivity index (χ0v) is 24.5. The van der Waals surface area contributed by atoms with E-state index in [0.717, 1.165) is 11.1 Å². The van der Waals surface area contributed by atoms with Crippen LogP contribution in [0.15, 0.2) is 36.4 Å². The third kappa shape index (κ3) is 12.1. The Morgan fingerprint density at radius 1 is 0.972 bits per heavy atom. The second-order valence-corrected chi connectivity index (χ2v) is 12.5. The number of hydrogen-bond acceptors (Lipinski definition) is 8. The molecule has 2 aromatic carbocycles. The Morgan fingerprint density at radius 2 is 1.42 bits per heavy atom. The van der Waals surface area contributed by atoms with Crippen molar-refractivity contribution < 1.29 is 28.1 Å². The summed E-state index contributed by atoms with van der Waals surface area (Å²) in [5.74, 6) is -0.799. The van der Waals surface area contributed by atoms with E-state index >= 15 is 0 Å². The van der Waals surface area contributed by atoms with Crippen LogP contribution in [0.1, 0.15) is 51.3 Å². The van der Waals surface area contributed by atoms with Crippen LogP contribution >= 0.6 is 30.2 Å². The van der Waals surface area contributed by atoms with Crippen LogP contribution in [0.5, 0.6) is 0 Å². The maximum atomic E-state index is 11.2. The molecule has 36 heavy (non-hydrogen) atoms. The molecule has 2 N–H and O–H groups in total. The number of thiol groups is 1. The molecule has 0 saturated heterocycles. The predicted molar refractivity (Wildman–Crippen MR) is 154 cm³/mol. The number of benzene rings is 2. The lowest BCUT2D eigenvalue weighted by Gasteiger charge is -2.13. The van der Waals surface area contributed by atoms with Crippen LogP contribution in [0.3, 0.4) is 0 Å². The predicted octanol–water partition coefficient (Wildman–Crippen LogP) is 5.96. The molecule has 2 aromatic rings. The fourth-order valence-electron chi connectivity index (χ4n) is 2.47. The minimum Gasteiger partial charge on any atom is -0.465 e. The van der Waals surface area contributed by atoms with Crippen molar-refractivity contribution in [3.63, 3.8) is 0 Å². The third-order valence-electron chi connectivity index (χ3n) is 4.26. The molecular weight excluding hydrogens is 539 g/mol. The highest BCUT2D eigenvalue weighted by molar-refractivity contribution is 8.60. The van der Waals surface area contributed by atoms with Gasteiger partial charge in [0.15, 0.2) is 5.69 Å². The minimum atomic E-state index is -2.16. The number of carbonyl (C=O) groups is 2. The first-order valence-electron chi connectivity index (χ1n) is 10.5. The van der Waals surface area contributed by atoms with Crippen LogP contribution in [-0.4, -0.2) is 44.4 Å². The summed E-state index contributed by atoms with van der Waals surface area (Å²) in [5, 5.41) is 0. The summed E-state index contributed by atoms with van der Waals surface area (Å²) < 4.78 is 19.2. The van der Waals surface area contributed by atoms with E-state index in [1.165, 1.54) is 20.3 Å². The molecule has 12 heteroatoms. The van der Waals surface area contributed by atoms with Gasteiger partial charge < -0.3 is 24.3 Å². The third-order valence-corrected chi connectivity index (χ3v) is 6.97. The summed E-state index contributed by atoms with van der Waals surface area (Å²) in [6.45, 7) is 15.4. The van der Waals surface area contributed by atoms with Gasteiger partial charge >= 0.3 is 11.9 Å². The molecule has 0 bridgehead atoms. The molecule has 2 rings (SSSR count). The number of nitrogens with two attached hydrogens (primary N) is 1. The van der Waals surface area contributed by atoms with Gasteiger partial charge in [-0.05, 0) is 74.9 Å². The second kappa shape index (κ2) is 17.2. The Bertz CT molecular complexity index is 1140. The van der Waals surface area contributed by atoms with Gasteiger partial charge in [0, 0.05) is 11.1 Å². The van der Waals surface area contributed by atoms with Crippen molar-refractivity contribution in [2.45, 2.75) is 27.7 Å². The van der Waals surface area contributed by atoms with Crippen LogP contribution in [0.2, 0.25) is 0 Å². The van der Waals surface area contributed by atoms with Crippen molar-refractivity contribution in [1.29, 1.82) is 0 Å². The molecule has 8 nitrogen and oxygen atoms in total. The lowest BCUT2D eigenvalue weighted by molar-refractivity contribution is 0.0592. The number of methoxy groups -OCH3 is 2. The molecule has 0 aliphatic heterocycles. The van der Waals surface area contributed by atoms with Gasteiger partial charge in [0.2, 0.25) is 5.69 Å². The summed E-state index contributed by atoms with van der Waals surface area (Å²) in [6, 6.07) is 10.0. The van der Waals surface area contributed by atoms with Gasteiger partial charge in [-0.3, -0.25) is 0 Å². The summed E-state index contributed by atoms with van der Waals surface area (Å²) in [6.07, 6.45) is 0. The fourth-order valence-corrected chi connectivity index (χ4v) is 4.74. The van der Waals surface area contributed by atoms with E-state index in [-0.39, 0.29) is 11.0 Å². The number of nitrogens with zero attached hydrogens (tertiary/aromatic N) is 1. The number of esters is 2. The summed E-state index contributed by atoms with van der Waals surface area (Å²) in [7, 11) is 2.66. The highest BCUT2D eigenvalue weighted by Gasteiger charge is 2.10. The Balaban J connectivity index is 0.000000524. The maximum Gasteiger partial charge on any atom is 0.337 e. The molecular formula is C24H31N2O6PS3. The van der Waals surface area contributed by atoms with Crippen LogP contribution in [-0.2, 0) is 30.3 Å². The molecule has 0 amide bonds. The molecule has 0 radical (unpaired) electrons. The zero-order valence-electron chi connectivity index (χ0n) is 21.1. The van der Waals surface area contributed by atoms with E-state index in [1.807, 2.05) is 27.7 Å². The van der Waals surface area contributed by atoms with Gasteiger partial charge in [0.1, 0.15) is 4.99 Å². The number of thiocarbonyl (C=S) groups is 1. The number of hydrogen-bond donors (Lipinski definition) is 2. The Morgan fingerprint density at radius 3 is 1.81 bits per heavy atom. The average molecular weight is 571 g/mol. The SMILES string of the molecule is CCOP(=S)(S)OCC.COC(=O)c1ccc(C)c(C(N)=S)c1.[C-]#[N+]c1cc(C(=O)OC)ccc1C. The van der Waals surface area contributed by atoms with Gasteiger partial charge in [-0.25, -0.2) is 14.4 Å². The Hall–Kier alpha value is -2.32. The van der Waals surface area contributed by atoms with Crippen LogP contribution in [0, 0.1) is 20.4 Å². The smallest absolute Gasteiger partial charge is 0.337 e. The van der Waals surface area contributed by atoms with Gasteiger partial charge in [0.05, 0.1) is 39.6 Å². The number of aryl methyl sites for hydroxylation is 2. The summed E-state index contributed by atoms with van der Waals surface area (Å²) >= 11 is 13.8. The first kappa shape index (κ1) is 33.7. The first-order chi connectivity index (χ1) is 16.9. The minimum absolute atomic E-state index is 0.285. The Kier molecular flexibility index (Phi) is 16.1. The summed E-state index contributed by atoms with van der Waals surface area (Å²) in [4.78, 5) is 25.8. The van der Waals surface area contributed by atoms with Crippen LogP contribution in [0.25, 0.3) is 4.85 Å². The van der Waals surface area contributed by atoms with Crippen molar-refractivity contribution in [1.82, 2.24) is 0 Å². The Labute approximate surface area is 228 Å². The van der Waals surface area contributed by atoms with Gasteiger partial charge in [-0.2, -0.15) is 0 Å². The molecule has 0 unspecified atom stereocenters. The van der Waals surface area contributed by atoms with E-state index in [4.69, 9.17) is 45.4 Å². The lowest BCUT2D eigenvalue weighted by atomic mass is 10.1. The standard InChI is InChI=1S/C10H11NO2S.C10H9NO2.C4H11O2PS2/c1-6-3-4-7(10(12)13-2)5-8(6)9(11)14;1-7-4-5-8(10(12)13-3)6-9(7)11-2;1-3-5-7(8,9)6-4-2/h3-5H,1-2H3,(H2,11,14);4-6H,1,3H3;3-4H2,1-2H3,(H,8,9). The molecule has 0 aliphatic carbocycles. The average Bonchev–Trinajstić information content (AvgIpc) is 2.84. The van der Waals surface area contributed by atoms with E-state index in [9.17, 15) is 9.59 Å². The topological polar surface area (TPSA) is 101 Å². The molecule has 0 fully saturated rings. The second-order valence-electron chi connectivity index (χ2n) is 6.79. The van der Waals surface area contributed by atoms with E-state index < -0.39 is 11.7 Å². The van der Waals surface area contributed by atoms with Crippen molar-refractivity contribution in [2.24, 2.45) is 5.73 Å². The molecule has 0 aromatic heterocycles. The molecule has 0 heterocycles. The van der Waals surface area contributed by atoms with Crippen molar-refractivity contribution in [2.75, 3.05) is 27.4 Å². The summed E-state index contributed by atoms with van der Waals surface area (Å²) in [5.41, 5.74) is 7.23. The van der Waals surface area contributed by atoms with E-state index in [2.05, 4.69) is 26.6 Å². The highest BCUT2D eigenvalue weighted by atomic mass is 32.9. The van der Waals surface area contributed by atoms with Gasteiger partial charge in [-0.15, -0.1) is 0 Å². The van der Waals surface area contributed by atoms with Crippen molar-refractivity contribution in [3.05, 3.63) is 75.6 Å². The number of ether oxygens (including phenoxy) is 2. The highest BCUT2D eigenvalue weighted by Crippen LogP contribution is 2.52. The zero-order chi connectivity index (χ0) is 27.9. The number of carbonyl (C=O) groups excluding carboxylic acids is 2. The fraction of sp³-hybridized carbons (Fsp3) is 0.333. The first-order valence-corrected chi connectivity index (χ1v) is 14.7. The molecule has 0 spiro atoms. The van der Waals surface area contributed by atoms with E-state index in [1.54, 1.807) is 30.3 Å². The normalized spacial score (nSPS) is 9.94. The maximum absolute atomic E-state index is 11.2. The largest absolute Gasteiger partial charge is 0.465 e. The lowest BCUT2D eigenvalue weighted by Crippen LogP contribution is -2.13. The van der Waals surface area contributed by atoms with E-state index in [0.29, 0.717) is 35.6 Å². The molecule has 196 valence electrons. The molecule has 0 aliphatic rings. The van der Waals surface area contributed by atoms with Gasteiger partial charge in [0.25, 0.3) is 0 Å². The van der Waals surface area contributed by atoms with Gasteiger partial charge in [-0.1, -0.05) is 36.6 Å². The van der Waals surface area contributed by atoms with Crippen molar-refractivity contribution in [3.8, 4) is 0 Å². The van der Waals surface area contributed by atoms with Crippen LogP contribution in [0.4, 0.5) is 5.69 Å². The van der Waals surface area contributed by atoms with Crippen LogP contribution < -0.4 is 5.73 Å².